The standard InChI is InChI=1S/C14H17F3N4O2/c15-14(16,17)9-7-18-13(19-8-9)20-4-1-10(2-5-20)21-6-3-11(22)12(21)23/h7-8,10-11,22H,1-6H2/t11-/m1/s1. The predicted octanol–water partition coefficient (Wildman–Crippen LogP) is 1.06. The van der Waals surface area contributed by atoms with Gasteiger partial charge in [0, 0.05) is 38.1 Å². The summed E-state index contributed by atoms with van der Waals surface area (Å²) >= 11 is 0. The van der Waals surface area contributed by atoms with Gasteiger partial charge in [0.2, 0.25) is 5.95 Å². The lowest BCUT2D eigenvalue weighted by Crippen LogP contribution is -2.46. The minimum atomic E-state index is -4.44. The van der Waals surface area contributed by atoms with Gasteiger partial charge in [0.05, 0.1) is 5.56 Å². The zero-order chi connectivity index (χ0) is 16.6. The molecule has 2 fully saturated rings. The average molecular weight is 330 g/mol. The number of piperidine rings is 1. The van der Waals surface area contributed by atoms with E-state index in [9.17, 15) is 23.1 Å². The fourth-order valence-corrected chi connectivity index (χ4v) is 3.06. The third-order valence-electron chi connectivity index (χ3n) is 4.37. The van der Waals surface area contributed by atoms with E-state index in [-0.39, 0.29) is 17.9 Å². The second kappa shape index (κ2) is 5.95. The van der Waals surface area contributed by atoms with Crippen LogP contribution < -0.4 is 4.90 Å². The quantitative estimate of drug-likeness (QED) is 0.878. The van der Waals surface area contributed by atoms with Crippen LogP contribution in [0.3, 0.4) is 0 Å². The molecule has 0 spiro atoms. The fraction of sp³-hybridized carbons (Fsp3) is 0.643. The van der Waals surface area contributed by atoms with E-state index in [2.05, 4.69) is 9.97 Å². The van der Waals surface area contributed by atoms with Gasteiger partial charge in [-0.15, -0.1) is 0 Å². The van der Waals surface area contributed by atoms with Gasteiger partial charge >= 0.3 is 6.18 Å². The molecular weight excluding hydrogens is 313 g/mol. The van der Waals surface area contributed by atoms with Crippen molar-refractivity contribution in [3.8, 4) is 0 Å². The first-order valence-corrected chi connectivity index (χ1v) is 7.49. The zero-order valence-corrected chi connectivity index (χ0v) is 12.3. The Labute approximate surface area is 130 Å². The minimum Gasteiger partial charge on any atom is -0.383 e. The van der Waals surface area contributed by atoms with Gasteiger partial charge in [-0.3, -0.25) is 4.79 Å². The third-order valence-corrected chi connectivity index (χ3v) is 4.37. The van der Waals surface area contributed by atoms with E-state index >= 15 is 0 Å². The third kappa shape index (κ3) is 3.24. The Balaban J connectivity index is 1.60. The summed E-state index contributed by atoms with van der Waals surface area (Å²) in [7, 11) is 0. The van der Waals surface area contributed by atoms with Crippen LogP contribution in [0.5, 0.6) is 0 Å². The number of anilines is 1. The summed E-state index contributed by atoms with van der Waals surface area (Å²) in [5.74, 6) is 0.0402. The van der Waals surface area contributed by atoms with Crippen molar-refractivity contribution in [1.82, 2.24) is 14.9 Å². The molecule has 0 aromatic carbocycles. The monoisotopic (exact) mass is 330 g/mol. The highest BCUT2D eigenvalue weighted by Crippen LogP contribution is 2.29. The van der Waals surface area contributed by atoms with Crippen LogP contribution in [0, 0.1) is 0 Å². The summed E-state index contributed by atoms with van der Waals surface area (Å²) in [6, 6.07) is 0.0605. The molecule has 1 N–H and O–H groups in total. The van der Waals surface area contributed by atoms with Gasteiger partial charge in [0.25, 0.3) is 5.91 Å². The number of likely N-dealkylation sites (tertiary alicyclic amines) is 1. The lowest BCUT2D eigenvalue weighted by Gasteiger charge is -2.36. The van der Waals surface area contributed by atoms with Crippen molar-refractivity contribution in [2.24, 2.45) is 0 Å². The van der Waals surface area contributed by atoms with Crippen LogP contribution in [0.1, 0.15) is 24.8 Å². The number of halogens is 3. The molecule has 23 heavy (non-hydrogen) atoms. The van der Waals surface area contributed by atoms with Crippen molar-refractivity contribution in [3.05, 3.63) is 18.0 Å². The normalized spacial score (nSPS) is 23.7. The van der Waals surface area contributed by atoms with E-state index in [4.69, 9.17) is 0 Å². The number of alkyl halides is 3. The maximum Gasteiger partial charge on any atom is 0.419 e. The number of hydrogen-bond acceptors (Lipinski definition) is 5. The first kappa shape index (κ1) is 16.0. The summed E-state index contributed by atoms with van der Waals surface area (Å²) in [4.78, 5) is 22.9. The predicted molar refractivity (Wildman–Crippen MR) is 74.6 cm³/mol. The molecule has 9 heteroatoms. The highest BCUT2D eigenvalue weighted by Gasteiger charge is 2.36. The van der Waals surface area contributed by atoms with E-state index in [1.165, 1.54) is 0 Å². The number of carbonyl (C=O) groups is 1. The van der Waals surface area contributed by atoms with Crippen molar-refractivity contribution in [2.75, 3.05) is 24.5 Å². The number of aromatic nitrogens is 2. The van der Waals surface area contributed by atoms with E-state index in [1.807, 2.05) is 4.90 Å². The summed E-state index contributed by atoms with van der Waals surface area (Å²) in [5, 5.41) is 9.51. The number of carbonyl (C=O) groups excluding carboxylic acids is 1. The van der Waals surface area contributed by atoms with Crippen LogP contribution in [-0.2, 0) is 11.0 Å². The Morgan fingerprint density at radius 1 is 1.09 bits per heavy atom. The van der Waals surface area contributed by atoms with Gasteiger partial charge < -0.3 is 14.9 Å². The maximum absolute atomic E-state index is 12.5. The van der Waals surface area contributed by atoms with Crippen molar-refractivity contribution < 1.29 is 23.1 Å². The van der Waals surface area contributed by atoms with Crippen LogP contribution in [-0.4, -0.2) is 57.7 Å². The molecule has 126 valence electrons. The Bertz CT molecular complexity index is 570. The van der Waals surface area contributed by atoms with Crippen LogP contribution in [0.4, 0.5) is 19.1 Å². The molecule has 6 nitrogen and oxygen atoms in total. The zero-order valence-electron chi connectivity index (χ0n) is 12.3. The SMILES string of the molecule is O=C1[C@H](O)CCN1C1CCN(c2ncc(C(F)(F)F)cn2)CC1. The fourth-order valence-electron chi connectivity index (χ4n) is 3.06. The van der Waals surface area contributed by atoms with Crippen molar-refractivity contribution in [3.63, 3.8) is 0 Å². The second-order valence-electron chi connectivity index (χ2n) is 5.82. The van der Waals surface area contributed by atoms with Crippen LogP contribution in [0.25, 0.3) is 0 Å². The molecule has 2 aliphatic rings. The molecule has 0 saturated carbocycles. The number of aliphatic hydroxyl groups is 1. The lowest BCUT2D eigenvalue weighted by molar-refractivity contribution is -0.138. The van der Waals surface area contributed by atoms with Crippen molar-refractivity contribution in [1.29, 1.82) is 0 Å². The molecule has 2 aliphatic heterocycles. The second-order valence-corrected chi connectivity index (χ2v) is 5.82. The lowest BCUT2D eigenvalue weighted by atomic mass is 10.0. The number of hydrogen-bond donors (Lipinski definition) is 1. The molecule has 0 radical (unpaired) electrons. The van der Waals surface area contributed by atoms with E-state index in [0.29, 0.717) is 38.9 Å². The molecule has 0 aliphatic carbocycles. The number of nitrogens with zero attached hydrogens (tertiary/aromatic N) is 4. The van der Waals surface area contributed by atoms with Gasteiger partial charge in [0.1, 0.15) is 6.10 Å². The summed E-state index contributed by atoms with van der Waals surface area (Å²) in [6.07, 6.45) is -1.94. The van der Waals surface area contributed by atoms with Gasteiger partial charge in [-0.25, -0.2) is 9.97 Å². The van der Waals surface area contributed by atoms with Crippen molar-refractivity contribution >= 4 is 11.9 Å². The Morgan fingerprint density at radius 3 is 2.17 bits per heavy atom. The molecule has 1 aromatic rings. The first-order valence-electron chi connectivity index (χ1n) is 7.49. The highest BCUT2D eigenvalue weighted by atomic mass is 19.4. The highest BCUT2D eigenvalue weighted by molar-refractivity contribution is 5.83. The van der Waals surface area contributed by atoms with E-state index < -0.39 is 17.8 Å². The van der Waals surface area contributed by atoms with Gasteiger partial charge in [0.15, 0.2) is 0 Å². The molecule has 1 aromatic heterocycles. The Morgan fingerprint density at radius 2 is 1.70 bits per heavy atom. The molecule has 0 unspecified atom stereocenters. The largest absolute Gasteiger partial charge is 0.419 e. The molecule has 3 heterocycles. The van der Waals surface area contributed by atoms with Crippen LogP contribution >= 0.6 is 0 Å². The number of amides is 1. The van der Waals surface area contributed by atoms with Crippen LogP contribution in [0.15, 0.2) is 12.4 Å². The molecular formula is C14H17F3N4O2. The summed E-state index contributed by atoms with van der Waals surface area (Å²) in [5.41, 5.74) is -0.868. The number of rotatable bonds is 2. The Hall–Kier alpha value is -1.90. The summed E-state index contributed by atoms with van der Waals surface area (Å²) < 4.78 is 37.5. The summed E-state index contributed by atoms with van der Waals surface area (Å²) in [6.45, 7) is 1.69. The molecule has 3 rings (SSSR count). The first-order chi connectivity index (χ1) is 10.9. The van der Waals surface area contributed by atoms with Crippen molar-refractivity contribution in [2.45, 2.75) is 37.6 Å². The van der Waals surface area contributed by atoms with E-state index in [0.717, 1.165) is 12.4 Å². The average Bonchev–Trinajstić information content (AvgIpc) is 2.86. The van der Waals surface area contributed by atoms with Gasteiger partial charge in [-0.1, -0.05) is 0 Å². The minimum absolute atomic E-state index is 0.0605. The topological polar surface area (TPSA) is 69.6 Å². The Kier molecular flexibility index (Phi) is 4.13. The molecule has 1 atom stereocenters. The molecule has 0 bridgehead atoms. The number of aliphatic hydroxyl groups excluding tert-OH is 1. The maximum atomic E-state index is 12.5. The van der Waals surface area contributed by atoms with E-state index in [1.54, 1.807) is 4.90 Å². The van der Waals surface area contributed by atoms with Gasteiger partial charge in [-0.05, 0) is 19.3 Å². The molecule has 2 saturated heterocycles. The van der Waals surface area contributed by atoms with Gasteiger partial charge in [-0.2, -0.15) is 13.2 Å². The molecule has 1 amide bonds. The van der Waals surface area contributed by atoms with Crippen LogP contribution in [0.2, 0.25) is 0 Å². The smallest absolute Gasteiger partial charge is 0.383 e.